The first-order chi connectivity index (χ1) is 5.24. The second-order valence-electron chi connectivity index (χ2n) is 2.08. The number of aromatic nitrogens is 1. The molecule has 0 aromatic carbocycles. The Morgan fingerprint density at radius 2 is 2.64 bits per heavy atom. The van der Waals surface area contributed by atoms with Crippen LogP contribution in [0.4, 0.5) is 0 Å². The number of nitrogens with one attached hydrogen (secondary N) is 1. The first kappa shape index (κ1) is 7.57. The van der Waals surface area contributed by atoms with E-state index >= 15 is 0 Å². The lowest BCUT2D eigenvalue weighted by atomic mass is 10.2. The van der Waals surface area contributed by atoms with Crippen molar-refractivity contribution in [3.05, 3.63) is 22.2 Å². The summed E-state index contributed by atoms with van der Waals surface area (Å²) in [5.41, 5.74) is 5.10. The van der Waals surface area contributed by atoms with Gasteiger partial charge in [0.2, 0.25) is 0 Å². The largest absolute Gasteiger partial charge is 0.382 e. The summed E-state index contributed by atoms with van der Waals surface area (Å²) >= 11 is 0. The predicted molar refractivity (Wildman–Crippen MR) is 36.5 cm³/mol. The standard InChI is InChI=1S/C6H7N3O2/c7-2-1-4(8)5-3-6(10)9-11-5/h3-4H,1,8H2,(H,9,10). The summed E-state index contributed by atoms with van der Waals surface area (Å²) in [6.45, 7) is 0. The van der Waals surface area contributed by atoms with E-state index in [9.17, 15) is 4.79 Å². The van der Waals surface area contributed by atoms with Crippen LogP contribution in [0.25, 0.3) is 0 Å². The molecule has 0 amide bonds. The average molecular weight is 153 g/mol. The molecule has 5 nitrogen and oxygen atoms in total. The third kappa shape index (κ3) is 1.69. The molecule has 0 fully saturated rings. The molecule has 0 spiro atoms. The van der Waals surface area contributed by atoms with Gasteiger partial charge in [0.15, 0.2) is 5.76 Å². The van der Waals surface area contributed by atoms with E-state index in [4.69, 9.17) is 11.0 Å². The van der Waals surface area contributed by atoms with Crippen molar-refractivity contribution in [3.63, 3.8) is 0 Å². The van der Waals surface area contributed by atoms with Gasteiger partial charge in [0.1, 0.15) is 0 Å². The number of nitriles is 1. The quantitative estimate of drug-likeness (QED) is 0.619. The molecule has 1 heterocycles. The van der Waals surface area contributed by atoms with E-state index in [-0.39, 0.29) is 12.0 Å². The minimum atomic E-state index is -0.515. The fourth-order valence-corrected chi connectivity index (χ4v) is 0.679. The van der Waals surface area contributed by atoms with Crippen molar-refractivity contribution in [2.45, 2.75) is 12.5 Å². The molecule has 1 aromatic rings. The van der Waals surface area contributed by atoms with Gasteiger partial charge in [-0.05, 0) is 0 Å². The second kappa shape index (κ2) is 3.03. The van der Waals surface area contributed by atoms with Crippen LogP contribution in [-0.2, 0) is 0 Å². The zero-order valence-electron chi connectivity index (χ0n) is 5.70. The molecule has 0 saturated heterocycles. The highest BCUT2D eigenvalue weighted by molar-refractivity contribution is 5.02. The minimum absolute atomic E-state index is 0.140. The predicted octanol–water partition coefficient (Wildman–Crippen LogP) is -0.119. The van der Waals surface area contributed by atoms with Crippen LogP contribution in [-0.4, -0.2) is 5.16 Å². The molecule has 58 valence electrons. The van der Waals surface area contributed by atoms with E-state index in [1.807, 2.05) is 6.07 Å². The van der Waals surface area contributed by atoms with Crippen LogP contribution in [0.5, 0.6) is 0 Å². The summed E-state index contributed by atoms with van der Waals surface area (Å²) in [4.78, 5) is 10.5. The highest BCUT2D eigenvalue weighted by Crippen LogP contribution is 2.08. The maximum absolute atomic E-state index is 10.5. The topological polar surface area (TPSA) is 95.8 Å². The van der Waals surface area contributed by atoms with Gasteiger partial charge in [-0.15, -0.1) is 0 Å². The van der Waals surface area contributed by atoms with Crippen LogP contribution in [0, 0.1) is 11.3 Å². The Bertz CT molecular complexity index is 319. The van der Waals surface area contributed by atoms with Crippen molar-refractivity contribution in [2.24, 2.45) is 5.73 Å². The van der Waals surface area contributed by atoms with E-state index in [0.717, 1.165) is 0 Å². The van der Waals surface area contributed by atoms with Gasteiger partial charge in [-0.25, -0.2) is 0 Å². The third-order valence-electron chi connectivity index (χ3n) is 1.22. The Labute approximate surface area is 62.4 Å². The first-order valence-electron chi connectivity index (χ1n) is 3.05. The Morgan fingerprint density at radius 3 is 3.09 bits per heavy atom. The molecule has 5 heteroatoms. The molecule has 0 aliphatic rings. The van der Waals surface area contributed by atoms with Gasteiger partial charge in [-0.3, -0.25) is 4.79 Å². The van der Waals surface area contributed by atoms with Crippen molar-refractivity contribution in [2.75, 3.05) is 0 Å². The lowest BCUT2D eigenvalue weighted by molar-refractivity contribution is 0.358. The second-order valence-corrected chi connectivity index (χ2v) is 2.08. The molecule has 11 heavy (non-hydrogen) atoms. The van der Waals surface area contributed by atoms with Gasteiger partial charge in [-0.2, -0.15) is 10.4 Å². The number of hydrogen-bond donors (Lipinski definition) is 2. The molecule has 0 bridgehead atoms. The molecule has 1 aromatic heterocycles. The molecular weight excluding hydrogens is 146 g/mol. The maximum Gasteiger partial charge on any atom is 0.280 e. The Kier molecular flexibility index (Phi) is 2.09. The number of nitrogens with two attached hydrogens (primary N) is 1. The number of nitrogens with zero attached hydrogens (tertiary/aromatic N) is 1. The molecule has 0 aliphatic heterocycles. The van der Waals surface area contributed by atoms with Crippen molar-refractivity contribution >= 4 is 0 Å². The molecule has 0 radical (unpaired) electrons. The van der Waals surface area contributed by atoms with Crippen molar-refractivity contribution < 1.29 is 4.52 Å². The lowest BCUT2D eigenvalue weighted by Crippen LogP contribution is -2.08. The van der Waals surface area contributed by atoms with Gasteiger partial charge in [0, 0.05) is 6.07 Å². The van der Waals surface area contributed by atoms with Crippen molar-refractivity contribution in [3.8, 4) is 6.07 Å². The third-order valence-corrected chi connectivity index (χ3v) is 1.22. The summed E-state index contributed by atoms with van der Waals surface area (Å²) in [6, 6.07) is 2.60. The number of rotatable bonds is 2. The van der Waals surface area contributed by atoms with Gasteiger partial charge >= 0.3 is 0 Å². The molecule has 3 N–H and O–H groups in total. The lowest BCUT2D eigenvalue weighted by Gasteiger charge is -1.98. The van der Waals surface area contributed by atoms with Crippen LogP contribution in [0.3, 0.4) is 0 Å². The van der Waals surface area contributed by atoms with Crippen LogP contribution in [0.1, 0.15) is 18.2 Å². The number of aromatic amines is 1. The molecule has 1 atom stereocenters. The van der Waals surface area contributed by atoms with E-state index in [2.05, 4.69) is 9.68 Å². The number of hydrogen-bond acceptors (Lipinski definition) is 4. The molecule has 1 unspecified atom stereocenters. The summed E-state index contributed by atoms with van der Waals surface area (Å²) in [6.07, 6.45) is 0.140. The highest BCUT2D eigenvalue weighted by atomic mass is 16.5. The number of H-pyrrole nitrogens is 1. The normalized spacial score (nSPS) is 12.4. The zero-order valence-corrected chi connectivity index (χ0v) is 5.70. The van der Waals surface area contributed by atoms with Gasteiger partial charge in [-0.1, -0.05) is 0 Å². The first-order valence-corrected chi connectivity index (χ1v) is 3.05. The van der Waals surface area contributed by atoms with Crippen molar-refractivity contribution in [1.82, 2.24) is 5.16 Å². The van der Waals surface area contributed by atoms with Crippen LogP contribution in [0.15, 0.2) is 15.4 Å². The van der Waals surface area contributed by atoms with E-state index < -0.39 is 6.04 Å². The average Bonchev–Trinajstić information content (AvgIpc) is 2.36. The van der Waals surface area contributed by atoms with Crippen molar-refractivity contribution in [1.29, 1.82) is 5.26 Å². The highest BCUT2D eigenvalue weighted by Gasteiger charge is 2.09. The van der Waals surface area contributed by atoms with E-state index in [0.29, 0.717) is 5.76 Å². The van der Waals surface area contributed by atoms with E-state index in [1.165, 1.54) is 6.07 Å². The van der Waals surface area contributed by atoms with Gasteiger partial charge in [0.05, 0.1) is 18.5 Å². The Morgan fingerprint density at radius 1 is 1.91 bits per heavy atom. The maximum atomic E-state index is 10.5. The minimum Gasteiger partial charge on any atom is -0.382 e. The fourth-order valence-electron chi connectivity index (χ4n) is 0.679. The smallest absolute Gasteiger partial charge is 0.280 e. The van der Waals surface area contributed by atoms with Gasteiger partial charge < -0.3 is 10.3 Å². The molecule has 1 rings (SSSR count). The summed E-state index contributed by atoms with van der Waals surface area (Å²) in [5, 5.41) is 10.3. The SMILES string of the molecule is N#CCC(N)c1cc(=O)[nH]o1. The van der Waals surface area contributed by atoms with Crippen LogP contribution < -0.4 is 11.3 Å². The summed E-state index contributed by atoms with van der Waals surface area (Å²) in [5.74, 6) is 0.316. The fraction of sp³-hybridized carbons (Fsp3) is 0.333. The Hall–Kier alpha value is -1.54. The summed E-state index contributed by atoms with van der Waals surface area (Å²) < 4.78 is 4.66. The molecule has 0 saturated carbocycles. The van der Waals surface area contributed by atoms with Crippen LogP contribution >= 0.6 is 0 Å². The zero-order chi connectivity index (χ0) is 8.27. The molecular formula is C6H7N3O2. The van der Waals surface area contributed by atoms with E-state index in [1.54, 1.807) is 0 Å². The van der Waals surface area contributed by atoms with Crippen LogP contribution in [0.2, 0.25) is 0 Å². The monoisotopic (exact) mass is 153 g/mol. The molecule has 0 aliphatic carbocycles. The summed E-state index contributed by atoms with van der Waals surface area (Å²) in [7, 11) is 0. The van der Waals surface area contributed by atoms with Gasteiger partial charge in [0.25, 0.3) is 5.56 Å². The Balaban J connectivity index is 2.78.